The Morgan fingerprint density at radius 2 is 2.00 bits per heavy atom. The Bertz CT molecular complexity index is 1140. The van der Waals surface area contributed by atoms with E-state index in [2.05, 4.69) is 15.2 Å². The summed E-state index contributed by atoms with van der Waals surface area (Å²) in [5.41, 5.74) is 2.65. The van der Waals surface area contributed by atoms with Crippen molar-refractivity contribution in [3.63, 3.8) is 0 Å². The largest absolute Gasteiger partial charge is 0.454 e. The molecule has 2 aromatic carbocycles. The van der Waals surface area contributed by atoms with Gasteiger partial charge in [-0.2, -0.15) is 4.98 Å². The Kier molecular flexibility index (Phi) is 4.66. The fraction of sp³-hybridized carbons (Fsp3) is 0.238. The van der Waals surface area contributed by atoms with Crippen LogP contribution in [0.15, 0.2) is 47.6 Å². The molecule has 3 heterocycles. The van der Waals surface area contributed by atoms with E-state index in [1.807, 2.05) is 49.4 Å². The van der Waals surface area contributed by atoms with E-state index in [1.54, 1.807) is 4.90 Å². The fourth-order valence-corrected chi connectivity index (χ4v) is 4.03. The number of hydrogen-bond donors (Lipinski definition) is 0. The van der Waals surface area contributed by atoms with Crippen LogP contribution in [-0.2, 0) is 4.79 Å². The lowest BCUT2D eigenvalue weighted by molar-refractivity contribution is -0.118. The monoisotopic (exact) mass is 422 g/mol. The predicted octanol–water partition coefficient (Wildman–Crippen LogP) is 3.82. The van der Waals surface area contributed by atoms with Gasteiger partial charge in [0, 0.05) is 18.1 Å². The quantitative estimate of drug-likeness (QED) is 0.589. The third-order valence-electron chi connectivity index (χ3n) is 4.81. The third-order valence-corrected chi connectivity index (χ3v) is 5.53. The molecule has 0 bridgehead atoms. The molecule has 0 spiro atoms. The average molecular weight is 422 g/mol. The van der Waals surface area contributed by atoms with Gasteiger partial charge in [-0.3, -0.25) is 9.69 Å². The molecule has 1 amide bonds. The molecule has 0 saturated carbocycles. The molecule has 2 aliphatic heterocycles. The van der Waals surface area contributed by atoms with Crippen molar-refractivity contribution in [3.05, 3.63) is 48.0 Å². The third kappa shape index (κ3) is 3.11. The van der Waals surface area contributed by atoms with E-state index < -0.39 is 6.23 Å². The van der Waals surface area contributed by atoms with Crippen LogP contribution in [0, 0.1) is 0 Å². The van der Waals surface area contributed by atoms with Crippen molar-refractivity contribution >= 4 is 23.4 Å². The van der Waals surface area contributed by atoms with Gasteiger partial charge in [-0.25, -0.2) is 0 Å². The smallest absolute Gasteiger partial charge is 0.247 e. The van der Waals surface area contributed by atoms with Gasteiger partial charge in [-0.1, -0.05) is 36.9 Å². The number of hydrogen-bond acceptors (Lipinski definition) is 8. The summed E-state index contributed by atoms with van der Waals surface area (Å²) < 4.78 is 17.3. The number of amides is 1. The van der Waals surface area contributed by atoms with Crippen molar-refractivity contribution in [2.75, 3.05) is 17.4 Å². The van der Waals surface area contributed by atoms with E-state index in [0.29, 0.717) is 33.9 Å². The topological polar surface area (TPSA) is 86.7 Å². The van der Waals surface area contributed by atoms with Crippen molar-refractivity contribution in [3.8, 4) is 28.6 Å². The number of aromatic nitrogens is 3. The summed E-state index contributed by atoms with van der Waals surface area (Å²) in [5, 5.41) is 9.12. The Morgan fingerprint density at radius 1 is 1.17 bits per heavy atom. The lowest BCUT2D eigenvalue weighted by Gasteiger charge is -2.29. The molecular formula is C21H18N4O4S. The Hall–Kier alpha value is -3.33. The number of fused-ring (bicyclic) bond motifs is 4. The molecule has 0 radical (unpaired) electrons. The molecule has 0 fully saturated rings. The van der Waals surface area contributed by atoms with Crippen molar-refractivity contribution in [1.82, 2.24) is 15.2 Å². The number of ether oxygens (including phenoxy) is 3. The Morgan fingerprint density at radius 3 is 2.83 bits per heavy atom. The number of carbonyl (C=O) groups excluding carboxylic acids is 1. The van der Waals surface area contributed by atoms with E-state index in [9.17, 15) is 4.79 Å². The van der Waals surface area contributed by atoms with Crippen LogP contribution in [0.1, 0.15) is 25.6 Å². The van der Waals surface area contributed by atoms with Gasteiger partial charge in [0.15, 0.2) is 17.2 Å². The highest BCUT2D eigenvalue weighted by Gasteiger charge is 2.35. The molecule has 30 heavy (non-hydrogen) atoms. The molecule has 0 saturated heterocycles. The van der Waals surface area contributed by atoms with E-state index in [4.69, 9.17) is 14.2 Å². The SMILES string of the molecule is CCSc1nnc2c(n1)O[C@H](c1ccc3c(c1)OCO3)N(C(C)=O)c1ccccc1-2. The summed E-state index contributed by atoms with van der Waals surface area (Å²) in [6.45, 7) is 3.69. The minimum Gasteiger partial charge on any atom is -0.454 e. The van der Waals surface area contributed by atoms with Crippen LogP contribution in [0.5, 0.6) is 17.4 Å². The second-order valence-electron chi connectivity index (χ2n) is 6.67. The standard InChI is InChI=1S/C21H18N4O4S/c1-3-30-21-22-19-18(23-24-21)14-6-4-5-7-15(14)25(12(2)26)20(29-19)13-8-9-16-17(10-13)28-11-27-16/h4-10,20H,3,11H2,1-2H3/t20-/m1/s1. The van der Waals surface area contributed by atoms with Crippen LogP contribution in [0.3, 0.4) is 0 Å². The Balaban J connectivity index is 1.70. The molecule has 5 rings (SSSR count). The van der Waals surface area contributed by atoms with Gasteiger partial charge in [0.1, 0.15) is 0 Å². The van der Waals surface area contributed by atoms with Crippen molar-refractivity contribution in [2.45, 2.75) is 25.2 Å². The number of carbonyl (C=O) groups is 1. The summed E-state index contributed by atoms with van der Waals surface area (Å²) in [7, 11) is 0. The Labute approximate surface area is 177 Å². The summed E-state index contributed by atoms with van der Waals surface area (Å²) in [4.78, 5) is 19.0. The van der Waals surface area contributed by atoms with Crippen LogP contribution in [-0.4, -0.2) is 33.6 Å². The average Bonchev–Trinajstić information content (AvgIpc) is 3.16. The molecular weight excluding hydrogens is 404 g/mol. The zero-order valence-corrected chi connectivity index (χ0v) is 17.2. The number of anilines is 1. The van der Waals surface area contributed by atoms with E-state index in [1.165, 1.54) is 18.7 Å². The maximum absolute atomic E-state index is 12.8. The number of rotatable bonds is 3. The normalized spacial score (nSPS) is 16.3. The molecule has 3 aromatic rings. The van der Waals surface area contributed by atoms with E-state index >= 15 is 0 Å². The first-order valence-corrected chi connectivity index (χ1v) is 10.5. The molecule has 2 aliphatic rings. The fourth-order valence-electron chi connectivity index (χ4n) is 3.53. The predicted molar refractivity (Wildman–Crippen MR) is 111 cm³/mol. The van der Waals surface area contributed by atoms with Gasteiger partial charge < -0.3 is 14.2 Å². The molecule has 0 unspecified atom stereocenters. The lowest BCUT2D eigenvalue weighted by atomic mass is 10.1. The summed E-state index contributed by atoms with van der Waals surface area (Å²) >= 11 is 1.47. The van der Waals surface area contributed by atoms with Gasteiger partial charge in [-0.15, -0.1) is 10.2 Å². The van der Waals surface area contributed by atoms with Crippen LogP contribution in [0.25, 0.3) is 11.3 Å². The van der Waals surface area contributed by atoms with Gasteiger partial charge in [-0.05, 0) is 30.0 Å². The second-order valence-corrected chi connectivity index (χ2v) is 7.90. The molecule has 0 aliphatic carbocycles. The first-order chi connectivity index (χ1) is 14.7. The van der Waals surface area contributed by atoms with Crippen LogP contribution < -0.4 is 19.1 Å². The van der Waals surface area contributed by atoms with Crippen LogP contribution in [0.2, 0.25) is 0 Å². The number of para-hydroxylation sites is 1. The summed E-state index contributed by atoms with van der Waals surface area (Å²) in [6, 6.07) is 13.0. The summed E-state index contributed by atoms with van der Waals surface area (Å²) in [6.07, 6.45) is -0.754. The first-order valence-electron chi connectivity index (χ1n) is 9.48. The highest BCUT2D eigenvalue weighted by atomic mass is 32.2. The zero-order chi connectivity index (χ0) is 20.7. The van der Waals surface area contributed by atoms with Crippen LogP contribution in [0.4, 0.5) is 5.69 Å². The van der Waals surface area contributed by atoms with E-state index in [-0.39, 0.29) is 12.7 Å². The molecule has 1 atom stereocenters. The maximum atomic E-state index is 12.8. The number of thioether (sulfide) groups is 1. The van der Waals surface area contributed by atoms with E-state index in [0.717, 1.165) is 16.9 Å². The van der Waals surface area contributed by atoms with Gasteiger partial charge >= 0.3 is 0 Å². The molecule has 9 heteroatoms. The lowest BCUT2D eigenvalue weighted by Crippen LogP contribution is -2.36. The first kappa shape index (κ1) is 18.7. The second kappa shape index (κ2) is 7.49. The number of benzene rings is 2. The molecule has 152 valence electrons. The summed E-state index contributed by atoms with van der Waals surface area (Å²) in [5.74, 6) is 2.24. The molecule has 0 N–H and O–H groups in total. The van der Waals surface area contributed by atoms with Crippen molar-refractivity contribution < 1.29 is 19.0 Å². The maximum Gasteiger partial charge on any atom is 0.247 e. The zero-order valence-electron chi connectivity index (χ0n) is 16.4. The molecule has 8 nitrogen and oxygen atoms in total. The van der Waals surface area contributed by atoms with Gasteiger partial charge in [0.05, 0.1) is 5.69 Å². The minimum absolute atomic E-state index is 0.168. The highest BCUT2D eigenvalue weighted by molar-refractivity contribution is 7.99. The van der Waals surface area contributed by atoms with Gasteiger partial charge in [0.2, 0.25) is 30.0 Å². The highest BCUT2D eigenvalue weighted by Crippen LogP contribution is 2.44. The minimum atomic E-state index is -0.754. The van der Waals surface area contributed by atoms with Gasteiger partial charge in [0.25, 0.3) is 0 Å². The van der Waals surface area contributed by atoms with Crippen molar-refractivity contribution in [1.29, 1.82) is 0 Å². The molecule has 1 aromatic heterocycles. The van der Waals surface area contributed by atoms with Crippen molar-refractivity contribution in [2.24, 2.45) is 0 Å². The number of nitrogens with zero attached hydrogens (tertiary/aromatic N) is 4. The van der Waals surface area contributed by atoms with Crippen LogP contribution >= 0.6 is 11.8 Å².